The third-order valence-electron chi connectivity index (χ3n) is 11.4. The van der Waals surface area contributed by atoms with E-state index >= 15 is 0 Å². The van der Waals surface area contributed by atoms with Crippen LogP contribution in [0.3, 0.4) is 0 Å². The summed E-state index contributed by atoms with van der Waals surface area (Å²) in [5.41, 5.74) is 13.0. The van der Waals surface area contributed by atoms with Crippen LogP contribution in [0.15, 0.2) is 219 Å². The molecule has 0 N–H and O–H groups in total. The Kier molecular flexibility index (Phi) is 9.41. The highest BCUT2D eigenvalue weighted by molar-refractivity contribution is 6.22. The lowest BCUT2D eigenvalue weighted by Gasteiger charge is -2.19. The average Bonchev–Trinajstić information content (AvgIpc) is 3.36. The lowest BCUT2D eigenvalue weighted by atomic mass is 9.84. The van der Waals surface area contributed by atoms with Crippen LogP contribution in [0.2, 0.25) is 0 Å². The van der Waals surface area contributed by atoms with Crippen molar-refractivity contribution in [3.8, 4) is 90.1 Å². The molecule has 0 aliphatic rings. The van der Waals surface area contributed by atoms with Gasteiger partial charge < -0.3 is 0 Å². The predicted molar refractivity (Wildman–Crippen MR) is 252 cm³/mol. The maximum atomic E-state index is 4.79. The largest absolute Gasteiger partial charge is 0.217 e. The molecular weight excluding hydrogens is 757 g/mol. The second-order valence-electron chi connectivity index (χ2n) is 15.2. The van der Waals surface area contributed by atoms with Crippen LogP contribution in [0.1, 0.15) is 0 Å². The first-order valence-electron chi connectivity index (χ1n) is 20.6. The van der Waals surface area contributed by atoms with E-state index in [9.17, 15) is 0 Å². The molecule has 0 atom stereocenters. The summed E-state index contributed by atoms with van der Waals surface area (Å²) in [6.45, 7) is 0. The predicted octanol–water partition coefficient (Wildman–Crippen LogP) is 13.7. The number of nitrogens with zero attached hydrogens (tertiary/aromatic N) is 6. The fraction of sp³-hybridized carbons (Fsp3) is 0. The van der Waals surface area contributed by atoms with E-state index in [4.69, 9.17) is 9.97 Å². The van der Waals surface area contributed by atoms with Gasteiger partial charge in [-0.25, -0.2) is 29.9 Å². The van der Waals surface area contributed by atoms with E-state index in [0.717, 1.165) is 44.5 Å². The monoisotopic (exact) mass is 792 g/mol. The van der Waals surface area contributed by atoms with Gasteiger partial charge in [-0.3, -0.25) is 0 Å². The van der Waals surface area contributed by atoms with Gasteiger partial charge in [0.1, 0.15) is 12.7 Å². The van der Waals surface area contributed by atoms with E-state index in [1.807, 2.05) is 60.7 Å². The van der Waals surface area contributed by atoms with E-state index in [2.05, 4.69) is 166 Å². The number of benzene rings is 9. The number of aromatic nitrogens is 6. The molecule has 0 saturated heterocycles. The first-order valence-corrected chi connectivity index (χ1v) is 20.6. The zero-order valence-electron chi connectivity index (χ0n) is 33.5. The van der Waals surface area contributed by atoms with Crippen LogP contribution in [0.4, 0.5) is 0 Å². The lowest BCUT2D eigenvalue weighted by molar-refractivity contribution is 1.06. The van der Waals surface area contributed by atoms with E-state index in [1.54, 1.807) is 12.7 Å². The smallest absolute Gasteiger partial charge is 0.163 e. The normalized spacial score (nSPS) is 11.2. The minimum absolute atomic E-state index is 0.643. The summed E-state index contributed by atoms with van der Waals surface area (Å²) < 4.78 is 0. The molecule has 0 spiro atoms. The average molecular weight is 793 g/mol. The van der Waals surface area contributed by atoms with Crippen molar-refractivity contribution in [2.45, 2.75) is 0 Å². The van der Waals surface area contributed by atoms with E-state index in [0.29, 0.717) is 23.3 Å². The van der Waals surface area contributed by atoms with E-state index in [1.165, 1.54) is 43.8 Å². The number of fused-ring (bicyclic) bond motifs is 2. The summed E-state index contributed by atoms with van der Waals surface area (Å²) >= 11 is 0. The maximum absolute atomic E-state index is 4.79. The summed E-state index contributed by atoms with van der Waals surface area (Å²) in [7, 11) is 0. The Morgan fingerprint density at radius 3 is 0.823 bits per heavy atom. The number of hydrogen-bond donors (Lipinski definition) is 0. The molecular formula is C56H36N6. The molecule has 6 nitrogen and oxygen atoms in total. The Bertz CT molecular complexity index is 3130. The Balaban J connectivity index is 1.02. The number of rotatable bonds is 8. The van der Waals surface area contributed by atoms with Gasteiger partial charge in [0, 0.05) is 22.3 Å². The second-order valence-corrected chi connectivity index (χ2v) is 15.2. The summed E-state index contributed by atoms with van der Waals surface area (Å²) in [6, 6.07) is 72.3. The molecule has 0 fully saturated rings. The topological polar surface area (TPSA) is 77.3 Å². The molecule has 0 aliphatic heterocycles. The van der Waals surface area contributed by atoms with Crippen LogP contribution >= 0.6 is 0 Å². The van der Waals surface area contributed by atoms with Gasteiger partial charge in [-0.1, -0.05) is 194 Å². The lowest BCUT2D eigenvalue weighted by Crippen LogP contribution is -1.95. The fourth-order valence-corrected chi connectivity index (χ4v) is 8.37. The highest BCUT2D eigenvalue weighted by Gasteiger charge is 2.19. The quantitative estimate of drug-likeness (QED) is 0.143. The van der Waals surface area contributed by atoms with Crippen LogP contribution in [0.5, 0.6) is 0 Å². The molecule has 6 heteroatoms. The van der Waals surface area contributed by atoms with Gasteiger partial charge >= 0.3 is 0 Å². The minimum atomic E-state index is 0.643. The van der Waals surface area contributed by atoms with Crippen molar-refractivity contribution in [2.75, 3.05) is 0 Å². The molecule has 0 bridgehead atoms. The molecule has 2 aromatic heterocycles. The first-order chi connectivity index (χ1) is 30.7. The van der Waals surface area contributed by atoms with Crippen molar-refractivity contribution in [2.24, 2.45) is 0 Å². The SMILES string of the molecule is c1ccc(-c2ncnc(-c3ccc(-c4ccc5c(-c6ccccc6)c6cc(-c7ccc(-c8ncnc(-c9ccccc9)n8)cc7)ccc6c(-c6ccccc6)c5c4)cc3)n2)cc1. The van der Waals surface area contributed by atoms with Crippen LogP contribution in [0, 0.1) is 0 Å². The van der Waals surface area contributed by atoms with E-state index in [-0.39, 0.29) is 0 Å². The Hall–Kier alpha value is -8.48. The first kappa shape index (κ1) is 36.6. The van der Waals surface area contributed by atoms with Gasteiger partial charge in [-0.2, -0.15) is 0 Å². The van der Waals surface area contributed by atoms with Gasteiger partial charge in [0.2, 0.25) is 0 Å². The molecule has 0 saturated carbocycles. The van der Waals surface area contributed by atoms with Crippen molar-refractivity contribution >= 4 is 21.5 Å². The summed E-state index contributed by atoms with van der Waals surface area (Å²) in [6.07, 6.45) is 3.17. The van der Waals surface area contributed by atoms with Crippen LogP contribution in [-0.4, -0.2) is 29.9 Å². The van der Waals surface area contributed by atoms with Crippen molar-refractivity contribution in [1.29, 1.82) is 0 Å². The van der Waals surface area contributed by atoms with E-state index < -0.39 is 0 Å². The third-order valence-corrected chi connectivity index (χ3v) is 11.4. The van der Waals surface area contributed by atoms with Gasteiger partial charge in [0.25, 0.3) is 0 Å². The van der Waals surface area contributed by atoms with Crippen LogP contribution in [-0.2, 0) is 0 Å². The van der Waals surface area contributed by atoms with Crippen molar-refractivity contribution in [3.63, 3.8) is 0 Å². The molecule has 11 aromatic rings. The second kappa shape index (κ2) is 15.9. The van der Waals surface area contributed by atoms with Crippen LogP contribution in [0.25, 0.3) is 112 Å². The fourth-order valence-electron chi connectivity index (χ4n) is 8.37. The van der Waals surface area contributed by atoms with Crippen LogP contribution < -0.4 is 0 Å². The van der Waals surface area contributed by atoms with Gasteiger partial charge in [-0.05, 0) is 78.2 Å². The zero-order chi connectivity index (χ0) is 41.2. The summed E-state index contributed by atoms with van der Waals surface area (Å²) in [5.74, 6) is 2.60. The molecule has 0 aliphatic carbocycles. The molecule has 0 radical (unpaired) electrons. The third kappa shape index (κ3) is 6.95. The van der Waals surface area contributed by atoms with Gasteiger partial charge in [-0.15, -0.1) is 0 Å². The molecule has 0 unspecified atom stereocenters. The summed E-state index contributed by atoms with van der Waals surface area (Å²) in [5, 5.41) is 4.77. The molecule has 290 valence electrons. The van der Waals surface area contributed by atoms with Gasteiger partial charge in [0.05, 0.1) is 0 Å². The molecule has 11 rings (SSSR count). The maximum Gasteiger partial charge on any atom is 0.163 e. The Morgan fingerprint density at radius 2 is 0.484 bits per heavy atom. The molecule has 9 aromatic carbocycles. The summed E-state index contributed by atoms with van der Waals surface area (Å²) in [4.78, 5) is 27.5. The highest BCUT2D eigenvalue weighted by Crippen LogP contribution is 2.46. The van der Waals surface area contributed by atoms with Gasteiger partial charge in [0.15, 0.2) is 23.3 Å². The van der Waals surface area contributed by atoms with Crippen molar-refractivity contribution in [1.82, 2.24) is 29.9 Å². The molecule has 0 amide bonds. The molecule has 2 heterocycles. The van der Waals surface area contributed by atoms with Crippen molar-refractivity contribution < 1.29 is 0 Å². The highest BCUT2D eigenvalue weighted by atomic mass is 15.0. The Labute approximate surface area is 359 Å². The van der Waals surface area contributed by atoms with Crippen molar-refractivity contribution in [3.05, 3.63) is 219 Å². The molecule has 62 heavy (non-hydrogen) atoms. The Morgan fingerprint density at radius 1 is 0.210 bits per heavy atom. The standard InChI is InChI=1S/C56H36N6/c1-5-13-39(14-6-1)51-47-31-29-46(38-23-27-44(28-24-38)56-60-36-58-54(62-56)42-19-11-4-12-20-42)34-50(47)52(40-15-7-2-8-16-40)48-32-30-45(33-49(48)51)37-21-25-43(26-22-37)55-59-35-57-53(61-55)41-17-9-3-10-18-41/h1-36H. The minimum Gasteiger partial charge on any atom is -0.217 e. The zero-order valence-corrected chi connectivity index (χ0v) is 33.5. The number of hydrogen-bond acceptors (Lipinski definition) is 6.